The molecule has 0 aliphatic carbocycles. The van der Waals surface area contributed by atoms with Crippen LogP contribution in [-0.2, 0) is 10.2 Å². The normalized spacial score (nSPS) is 11.1. The van der Waals surface area contributed by atoms with Gasteiger partial charge in [-0.1, -0.05) is 24.3 Å². The fourth-order valence-electron chi connectivity index (χ4n) is 3.47. The van der Waals surface area contributed by atoms with E-state index in [1.54, 1.807) is 104 Å². The molecule has 6 heteroatoms. The Kier molecular flexibility index (Phi) is 5.91. The topological polar surface area (TPSA) is 108 Å². The number of nitrogens with two attached hydrogens (primary N) is 2. The standard InChI is InChI=1S/C27H24N2O4/c1-27(26(30)31,18-2-10-22(11-3-18)32-24-14-6-20(28)7-15-24)19-4-12-23(13-5-19)33-25-16-8-21(29)9-17-25/h2-17H,28-29H2,1H3,(H,30,31). The molecule has 0 fully saturated rings. The van der Waals surface area contributed by atoms with E-state index < -0.39 is 11.4 Å². The molecule has 33 heavy (non-hydrogen) atoms. The van der Waals surface area contributed by atoms with Gasteiger partial charge < -0.3 is 26.0 Å². The molecule has 0 heterocycles. The lowest BCUT2D eigenvalue weighted by Crippen LogP contribution is -2.33. The zero-order chi connectivity index (χ0) is 23.4. The van der Waals surface area contributed by atoms with Crippen molar-refractivity contribution in [2.45, 2.75) is 12.3 Å². The molecular weight excluding hydrogens is 416 g/mol. The van der Waals surface area contributed by atoms with Gasteiger partial charge in [-0.05, 0) is 90.8 Å². The molecule has 0 spiro atoms. The molecule has 0 aliphatic rings. The second kappa shape index (κ2) is 8.96. The lowest BCUT2D eigenvalue weighted by molar-refractivity contribution is -0.141. The second-order valence-corrected chi connectivity index (χ2v) is 7.82. The summed E-state index contributed by atoms with van der Waals surface area (Å²) >= 11 is 0. The molecule has 0 saturated heterocycles. The zero-order valence-corrected chi connectivity index (χ0v) is 18.1. The molecule has 0 aliphatic heterocycles. The maximum absolute atomic E-state index is 12.4. The smallest absolute Gasteiger partial charge is 0.318 e. The SMILES string of the molecule is CC(C(=O)O)(c1ccc(Oc2ccc(N)cc2)cc1)c1ccc(Oc2ccc(N)cc2)cc1. The number of anilines is 2. The van der Waals surface area contributed by atoms with Gasteiger partial charge in [0, 0.05) is 11.4 Å². The van der Waals surface area contributed by atoms with Crippen molar-refractivity contribution in [1.82, 2.24) is 0 Å². The summed E-state index contributed by atoms with van der Waals surface area (Å²) in [6, 6.07) is 28.2. The molecule has 0 atom stereocenters. The van der Waals surface area contributed by atoms with Crippen molar-refractivity contribution in [2.24, 2.45) is 0 Å². The Morgan fingerprint density at radius 1 is 0.606 bits per heavy atom. The minimum atomic E-state index is -1.25. The molecule has 5 N–H and O–H groups in total. The number of carbonyl (C=O) groups is 1. The molecule has 166 valence electrons. The van der Waals surface area contributed by atoms with Gasteiger partial charge in [0.25, 0.3) is 0 Å². The van der Waals surface area contributed by atoms with Gasteiger partial charge in [-0.15, -0.1) is 0 Å². The maximum atomic E-state index is 12.4. The van der Waals surface area contributed by atoms with Crippen LogP contribution in [0.1, 0.15) is 18.1 Å². The summed E-state index contributed by atoms with van der Waals surface area (Å²) in [6.07, 6.45) is 0. The van der Waals surface area contributed by atoms with Crippen LogP contribution in [0.15, 0.2) is 97.1 Å². The quantitative estimate of drug-likeness (QED) is 0.312. The number of hydrogen-bond donors (Lipinski definition) is 3. The third-order valence-electron chi connectivity index (χ3n) is 5.52. The van der Waals surface area contributed by atoms with Gasteiger partial charge in [-0.25, -0.2) is 0 Å². The van der Waals surface area contributed by atoms with Crippen molar-refractivity contribution in [3.05, 3.63) is 108 Å². The van der Waals surface area contributed by atoms with Gasteiger partial charge in [0.05, 0.1) is 0 Å². The monoisotopic (exact) mass is 440 g/mol. The van der Waals surface area contributed by atoms with E-state index in [0.717, 1.165) is 0 Å². The predicted molar refractivity (Wildman–Crippen MR) is 129 cm³/mol. The van der Waals surface area contributed by atoms with E-state index in [-0.39, 0.29) is 0 Å². The molecule has 4 aromatic rings. The summed E-state index contributed by atoms with van der Waals surface area (Å²) in [7, 11) is 0. The highest BCUT2D eigenvalue weighted by atomic mass is 16.5. The highest BCUT2D eigenvalue weighted by Gasteiger charge is 2.37. The molecule has 6 nitrogen and oxygen atoms in total. The van der Waals surface area contributed by atoms with Crippen LogP contribution in [0, 0.1) is 0 Å². The first kappa shape index (κ1) is 21.8. The minimum Gasteiger partial charge on any atom is -0.480 e. The number of ether oxygens (including phenoxy) is 2. The third-order valence-corrected chi connectivity index (χ3v) is 5.52. The molecule has 0 saturated carbocycles. The van der Waals surface area contributed by atoms with Crippen LogP contribution in [0.5, 0.6) is 23.0 Å². The van der Waals surface area contributed by atoms with E-state index in [9.17, 15) is 9.90 Å². The van der Waals surface area contributed by atoms with E-state index in [0.29, 0.717) is 45.5 Å². The fourth-order valence-corrected chi connectivity index (χ4v) is 3.47. The number of nitrogen functional groups attached to an aromatic ring is 2. The highest BCUT2D eigenvalue weighted by Crippen LogP contribution is 2.35. The third kappa shape index (κ3) is 4.75. The molecule has 4 rings (SSSR count). The zero-order valence-electron chi connectivity index (χ0n) is 18.1. The average Bonchev–Trinajstić information content (AvgIpc) is 2.82. The van der Waals surface area contributed by atoms with Crippen molar-refractivity contribution < 1.29 is 19.4 Å². The first-order valence-electron chi connectivity index (χ1n) is 10.4. The number of hydrogen-bond acceptors (Lipinski definition) is 5. The van der Waals surface area contributed by atoms with Crippen molar-refractivity contribution in [3.63, 3.8) is 0 Å². The van der Waals surface area contributed by atoms with Gasteiger partial charge in [0.1, 0.15) is 28.4 Å². The van der Waals surface area contributed by atoms with Crippen molar-refractivity contribution in [3.8, 4) is 23.0 Å². The first-order valence-corrected chi connectivity index (χ1v) is 10.4. The fraction of sp³-hybridized carbons (Fsp3) is 0.0741. The Bertz CT molecular complexity index is 1140. The van der Waals surface area contributed by atoms with Crippen LogP contribution < -0.4 is 20.9 Å². The lowest BCUT2D eigenvalue weighted by Gasteiger charge is -2.26. The largest absolute Gasteiger partial charge is 0.480 e. The average molecular weight is 440 g/mol. The van der Waals surface area contributed by atoms with Crippen LogP contribution in [0.2, 0.25) is 0 Å². The van der Waals surface area contributed by atoms with Crippen LogP contribution >= 0.6 is 0 Å². The summed E-state index contributed by atoms with van der Waals surface area (Å²) in [5, 5.41) is 10.1. The number of carboxylic acids is 1. The summed E-state index contributed by atoms with van der Waals surface area (Å²) in [4.78, 5) is 12.4. The number of rotatable bonds is 7. The Labute approximate surface area is 192 Å². The molecule has 0 radical (unpaired) electrons. The Morgan fingerprint density at radius 3 is 1.15 bits per heavy atom. The van der Waals surface area contributed by atoms with Gasteiger partial charge in [0.2, 0.25) is 0 Å². The molecule has 0 aromatic heterocycles. The Morgan fingerprint density at radius 2 is 0.879 bits per heavy atom. The Balaban J connectivity index is 1.55. The molecular formula is C27H24N2O4. The molecule has 0 unspecified atom stereocenters. The van der Waals surface area contributed by atoms with E-state index in [4.69, 9.17) is 20.9 Å². The van der Waals surface area contributed by atoms with E-state index >= 15 is 0 Å². The van der Waals surface area contributed by atoms with E-state index in [1.807, 2.05) is 0 Å². The minimum absolute atomic E-state index is 0.600. The number of carboxylic acid groups (broad SMARTS) is 1. The van der Waals surface area contributed by atoms with E-state index in [1.165, 1.54) is 0 Å². The van der Waals surface area contributed by atoms with Gasteiger partial charge in [0.15, 0.2) is 0 Å². The second-order valence-electron chi connectivity index (χ2n) is 7.82. The summed E-state index contributed by atoms with van der Waals surface area (Å²) in [5.74, 6) is 1.54. The van der Waals surface area contributed by atoms with Gasteiger partial charge in [-0.2, -0.15) is 0 Å². The van der Waals surface area contributed by atoms with Gasteiger partial charge >= 0.3 is 5.97 Å². The maximum Gasteiger partial charge on any atom is 0.318 e. The van der Waals surface area contributed by atoms with Gasteiger partial charge in [-0.3, -0.25) is 4.79 Å². The van der Waals surface area contributed by atoms with Crippen molar-refractivity contribution in [1.29, 1.82) is 0 Å². The summed E-state index contributed by atoms with van der Waals surface area (Å²) < 4.78 is 11.6. The highest BCUT2D eigenvalue weighted by molar-refractivity contribution is 5.85. The predicted octanol–water partition coefficient (Wildman–Crippen LogP) is 5.83. The first-order chi connectivity index (χ1) is 15.8. The summed E-state index contributed by atoms with van der Waals surface area (Å²) in [6.45, 7) is 1.68. The van der Waals surface area contributed by atoms with Crippen LogP contribution in [-0.4, -0.2) is 11.1 Å². The van der Waals surface area contributed by atoms with Crippen LogP contribution in [0.25, 0.3) is 0 Å². The molecule has 0 bridgehead atoms. The molecule has 0 amide bonds. The number of benzene rings is 4. The van der Waals surface area contributed by atoms with Crippen molar-refractivity contribution in [2.75, 3.05) is 11.5 Å². The van der Waals surface area contributed by atoms with Crippen LogP contribution in [0.3, 0.4) is 0 Å². The lowest BCUT2D eigenvalue weighted by atomic mass is 9.76. The number of aliphatic carboxylic acids is 1. The van der Waals surface area contributed by atoms with Crippen LogP contribution in [0.4, 0.5) is 11.4 Å². The Hall–Kier alpha value is -4.45. The summed E-state index contributed by atoms with van der Waals surface area (Å²) in [5.41, 5.74) is 12.7. The van der Waals surface area contributed by atoms with Crippen molar-refractivity contribution >= 4 is 17.3 Å². The molecule has 4 aromatic carbocycles. The van der Waals surface area contributed by atoms with E-state index in [2.05, 4.69) is 0 Å².